The third-order valence-corrected chi connectivity index (χ3v) is 6.56. The molecular weight excluding hydrogens is 450 g/mol. The molecule has 3 aromatic carbocycles. The van der Waals surface area contributed by atoms with Gasteiger partial charge in [0.2, 0.25) is 5.91 Å². The highest BCUT2D eigenvalue weighted by Gasteiger charge is 2.27. The van der Waals surface area contributed by atoms with Crippen molar-refractivity contribution in [1.29, 1.82) is 0 Å². The number of urea groups is 1. The number of aryl methyl sites for hydroxylation is 1. The maximum atomic E-state index is 13.6. The van der Waals surface area contributed by atoms with Gasteiger partial charge >= 0.3 is 6.03 Å². The first-order valence-electron chi connectivity index (χ1n) is 11.0. The van der Waals surface area contributed by atoms with E-state index in [9.17, 15) is 13.8 Å². The number of rotatable bonds is 9. The van der Waals surface area contributed by atoms with Crippen molar-refractivity contribution in [3.8, 4) is 5.75 Å². The number of carbonyl (C=O) groups excluding carboxylic acids is 2. The molecule has 0 radical (unpaired) electrons. The molecule has 0 saturated carbocycles. The van der Waals surface area contributed by atoms with Gasteiger partial charge in [0.1, 0.15) is 11.8 Å². The monoisotopic (exact) mass is 479 g/mol. The topological polar surface area (TPSA) is 87.7 Å². The van der Waals surface area contributed by atoms with Crippen LogP contribution in [0.1, 0.15) is 18.1 Å². The zero-order valence-electron chi connectivity index (χ0n) is 19.5. The van der Waals surface area contributed by atoms with Crippen LogP contribution in [-0.2, 0) is 22.2 Å². The highest BCUT2D eigenvalue weighted by molar-refractivity contribution is 7.83. The molecule has 2 N–H and O–H groups in total. The summed E-state index contributed by atoms with van der Waals surface area (Å²) in [4.78, 5) is 28.4. The summed E-state index contributed by atoms with van der Waals surface area (Å²) in [5.74, 6) is 0.414. The second-order valence-electron chi connectivity index (χ2n) is 7.63. The molecule has 0 aromatic heterocycles. The Labute approximate surface area is 202 Å². The van der Waals surface area contributed by atoms with Crippen LogP contribution in [0.25, 0.3) is 0 Å². The second kappa shape index (κ2) is 12.0. The van der Waals surface area contributed by atoms with Crippen molar-refractivity contribution in [2.45, 2.75) is 31.2 Å². The fourth-order valence-corrected chi connectivity index (χ4v) is 4.46. The molecule has 3 aromatic rings. The van der Waals surface area contributed by atoms with E-state index in [2.05, 4.69) is 10.0 Å². The number of anilines is 1. The van der Waals surface area contributed by atoms with E-state index >= 15 is 0 Å². The largest absolute Gasteiger partial charge is 0.497 e. The predicted molar refractivity (Wildman–Crippen MR) is 134 cm³/mol. The molecule has 0 fully saturated rings. The number of benzene rings is 3. The first-order chi connectivity index (χ1) is 16.4. The van der Waals surface area contributed by atoms with Crippen molar-refractivity contribution in [1.82, 2.24) is 10.0 Å². The Bertz CT molecular complexity index is 1140. The highest BCUT2D eigenvalue weighted by Crippen LogP contribution is 2.20. The summed E-state index contributed by atoms with van der Waals surface area (Å²) in [5.41, 5.74) is 2.39. The SMILES string of the molecule is CCN(C(=O)C(Cc1ccccc1)NC(=O)NS(=O)c1ccccc1C)c1ccc(OC)cc1. The van der Waals surface area contributed by atoms with Gasteiger partial charge in [-0.1, -0.05) is 48.5 Å². The number of nitrogens with zero attached hydrogens (tertiary/aromatic N) is 1. The molecule has 34 heavy (non-hydrogen) atoms. The molecule has 0 aliphatic carbocycles. The smallest absolute Gasteiger partial charge is 0.327 e. The number of hydrogen-bond acceptors (Lipinski definition) is 4. The van der Waals surface area contributed by atoms with Gasteiger partial charge in [-0.3, -0.25) is 9.52 Å². The first-order valence-corrected chi connectivity index (χ1v) is 12.1. The van der Waals surface area contributed by atoms with Crippen molar-refractivity contribution in [3.05, 3.63) is 90.0 Å². The quantitative estimate of drug-likeness (QED) is 0.486. The van der Waals surface area contributed by atoms with Gasteiger partial charge in [0, 0.05) is 18.7 Å². The van der Waals surface area contributed by atoms with Crippen LogP contribution in [0.3, 0.4) is 0 Å². The summed E-state index contributed by atoms with van der Waals surface area (Å²) in [5, 5.41) is 2.73. The molecule has 0 spiro atoms. The maximum Gasteiger partial charge on any atom is 0.327 e. The van der Waals surface area contributed by atoms with Gasteiger partial charge < -0.3 is 15.0 Å². The molecule has 178 valence electrons. The van der Waals surface area contributed by atoms with Crippen LogP contribution in [0.2, 0.25) is 0 Å². The van der Waals surface area contributed by atoms with Gasteiger partial charge in [0.15, 0.2) is 11.0 Å². The van der Waals surface area contributed by atoms with E-state index in [0.29, 0.717) is 22.9 Å². The number of methoxy groups -OCH3 is 1. The number of hydrogen-bond donors (Lipinski definition) is 2. The van der Waals surface area contributed by atoms with E-state index in [1.807, 2.05) is 56.3 Å². The number of likely N-dealkylation sites (N-methyl/N-ethyl adjacent to an activating group) is 1. The number of ether oxygens (including phenoxy) is 1. The molecule has 7 nitrogen and oxygen atoms in total. The van der Waals surface area contributed by atoms with E-state index in [1.54, 1.807) is 48.4 Å². The van der Waals surface area contributed by atoms with Crippen molar-refractivity contribution in [2.24, 2.45) is 0 Å². The molecule has 2 unspecified atom stereocenters. The van der Waals surface area contributed by atoms with Crippen molar-refractivity contribution >= 4 is 28.6 Å². The number of amides is 3. The Balaban J connectivity index is 1.80. The average molecular weight is 480 g/mol. The Morgan fingerprint density at radius 3 is 2.24 bits per heavy atom. The Morgan fingerprint density at radius 2 is 1.62 bits per heavy atom. The Morgan fingerprint density at radius 1 is 0.971 bits per heavy atom. The van der Waals surface area contributed by atoms with Gasteiger partial charge in [-0.25, -0.2) is 9.00 Å². The van der Waals surface area contributed by atoms with E-state index in [4.69, 9.17) is 4.74 Å². The van der Waals surface area contributed by atoms with Gasteiger partial charge in [-0.15, -0.1) is 0 Å². The summed E-state index contributed by atoms with van der Waals surface area (Å²) in [6.45, 7) is 4.10. The molecule has 0 aliphatic rings. The minimum Gasteiger partial charge on any atom is -0.497 e. The highest BCUT2D eigenvalue weighted by atomic mass is 32.2. The lowest BCUT2D eigenvalue weighted by Crippen LogP contribution is -2.52. The lowest BCUT2D eigenvalue weighted by molar-refractivity contribution is -0.120. The maximum absolute atomic E-state index is 13.6. The molecule has 0 aliphatic heterocycles. The molecule has 0 bridgehead atoms. The van der Waals surface area contributed by atoms with Crippen LogP contribution in [0.15, 0.2) is 83.8 Å². The Hall–Kier alpha value is -3.65. The summed E-state index contributed by atoms with van der Waals surface area (Å²) in [7, 11) is -0.174. The van der Waals surface area contributed by atoms with E-state index < -0.39 is 23.1 Å². The molecule has 0 saturated heterocycles. The lowest BCUT2D eigenvalue weighted by Gasteiger charge is -2.27. The van der Waals surface area contributed by atoms with Crippen LogP contribution < -0.4 is 19.7 Å². The summed E-state index contributed by atoms with van der Waals surface area (Å²) in [6, 6.07) is 22.2. The fraction of sp³-hybridized carbons (Fsp3) is 0.231. The van der Waals surface area contributed by atoms with Crippen LogP contribution >= 0.6 is 0 Å². The Kier molecular flexibility index (Phi) is 8.81. The van der Waals surface area contributed by atoms with Crippen molar-refractivity contribution in [3.63, 3.8) is 0 Å². The molecule has 0 heterocycles. The zero-order chi connectivity index (χ0) is 24.5. The second-order valence-corrected chi connectivity index (χ2v) is 8.81. The minimum absolute atomic E-state index is 0.270. The van der Waals surface area contributed by atoms with Crippen molar-refractivity contribution < 1.29 is 18.5 Å². The summed E-state index contributed by atoms with van der Waals surface area (Å²) in [6.07, 6.45) is 0.288. The van der Waals surface area contributed by atoms with E-state index in [1.165, 1.54) is 0 Å². The molecule has 2 atom stereocenters. The summed E-state index contributed by atoms with van der Waals surface area (Å²) >= 11 is 0. The van der Waals surface area contributed by atoms with Crippen LogP contribution in [0.5, 0.6) is 5.75 Å². The zero-order valence-corrected chi connectivity index (χ0v) is 20.3. The van der Waals surface area contributed by atoms with Gasteiger partial charge in [-0.05, 0) is 55.3 Å². The molecule has 3 amide bonds. The van der Waals surface area contributed by atoms with Gasteiger partial charge in [-0.2, -0.15) is 0 Å². The standard InChI is InChI=1S/C26H29N3O4S/c1-4-29(21-14-16-22(33-3)17-15-21)25(30)23(18-20-11-6-5-7-12-20)27-26(31)28-34(32)24-13-9-8-10-19(24)2/h5-17,23H,4,18H2,1-3H3,(H2,27,28,31). The lowest BCUT2D eigenvalue weighted by atomic mass is 10.0. The predicted octanol–water partition coefficient (Wildman–Crippen LogP) is 3.99. The molecule has 3 rings (SSSR count). The minimum atomic E-state index is -1.75. The van der Waals surface area contributed by atoms with E-state index in [-0.39, 0.29) is 12.3 Å². The van der Waals surface area contributed by atoms with Crippen LogP contribution in [0, 0.1) is 6.92 Å². The molecule has 8 heteroatoms. The first kappa shape index (κ1) is 25.0. The third-order valence-electron chi connectivity index (χ3n) is 5.33. The number of nitrogens with one attached hydrogen (secondary N) is 2. The van der Waals surface area contributed by atoms with Crippen LogP contribution in [0.4, 0.5) is 10.5 Å². The number of carbonyl (C=O) groups is 2. The van der Waals surface area contributed by atoms with Gasteiger partial charge in [0.05, 0.1) is 12.0 Å². The van der Waals surface area contributed by atoms with Crippen LogP contribution in [-0.4, -0.2) is 35.8 Å². The fourth-order valence-electron chi connectivity index (χ4n) is 3.56. The van der Waals surface area contributed by atoms with Crippen molar-refractivity contribution in [2.75, 3.05) is 18.6 Å². The summed E-state index contributed by atoms with van der Waals surface area (Å²) < 4.78 is 20.4. The average Bonchev–Trinajstić information content (AvgIpc) is 2.85. The van der Waals surface area contributed by atoms with Gasteiger partial charge in [0.25, 0.3) is 0 Å². The third kappa shape index (κ3) is 6.45. The molecular formula is C26H29N3O4S. The normalized spacial score (nSPS) is 12.3. The van der Waals surface area contributed by atoms with E-state index in [0.717, 1.165) is 11.1 Å².